The average molecular weight is 371 g/mol. The lowest BCUT2D eigenvalue weighted by Gasteiger charge is -2.36. The van der Waals surface area contributed by atoms with Crippen molar-refractivity contribution in [2.75, 3.05) is 6.61 Å². The number of nitrogens with zero attached hydrogens (tertiary/aromatic N) is 1. The number of amides is 4. The van der Waals surface area contributed by atoms with Crippen molar-refractivity contribution in [2.45, 2.75) is 26.1 Å². The van der Waals surface area contributed by atoms with Gasteiger partial charge in [-0.15, -0.1) is 0 Å². The Morgan fingerprint density at radius 2 is 1.92 bits per heavy atom. The molecule has 140 valence electrons. The number of urea groups is 2. The number of nitrogens with two attached hydrogens (primary N) is 1. The Hall–Kier alpha value is -3.04. The molecule has 0 bridgehead atoms. The number of rotatable bonds is 3. The number of carbonyl (C=O) groups excluding carboxylic acids is 3. The highest BCUT2D eigenvalue weighted by atomic mass is 19.4. The summed E-state index contributed by atoms with van der Waals surface area (Å²) in [5.41, 5.74) is 3.31. The van der Waals surface area contributed by atoms with Crippen LogP contribution in [0.1, 0.15) is 31.0 Å². The van der Waals surface area contributed by atoms with Gasteiger partial charge in [0.25, 0.3) is 0 Å². The van der Waals surface area contributed by atoms with Gasteiger partial charge < -0.3 is 15.8 Å². The van der Waals surface area contributed by atoms with Crippen molar-refractivity contribution < 1.29 is 32.3 Å². The van der Waals surface area contributed by atoms with Crippen LogP contribution >= 0.6 is 0 Å². The van der Waals surface area contributed by atoms with Crippen LogP contribution in [0.2, 0.25) is 0 Å². The molecule has 1 heterocycles. The topological polar surface area (TPSA) is 102 Å². The van der Waals surface area contributed by atoms with Gasteiger partial charge in [0, 0.05) is 5.70 Å². The molecule has 4 amide bonds. The van der Waals surface area contributed by atoms with Crippen LogP contribution in [-0.4, -0.2) is 29.5 Å². The number of allylic oxidation sites excluding steroid dienone is 1. The normalized spacial score (nSPS) is 17.8. The molecule has 1 aromatic rings. The zero-order chi connectivity index (χ0) is 19.6. The Bertz CT molecular complexity index is 789. The quantitative estimate of drug-likeness (QED) is 0.798. The fourth-order valence-electron chi connectivity index (χ4n) is 2.73. The molecule has 1 unspecified atom stereocenters. The predicted octanol–water partition coefficient (Wildman–Crippen LogP) is 2.69. The highest BCUT2D eigenvalue weighted by Gasteiger charge is 2.45. The van der Waals surface area contributed by atoms with Crippen LogP contribution in [0.3, 0.4) is 0 Å². The molecule has 3 N–H and O–H groups in total. The third-order valence-corrected chi connectivity index (χ3v) is 3.74. The monoisotopic (exact) mass is 371 g/mol. The van der Waals surface area contributed by atoms with Crippen LogP contribution in [0, 0.1) is 0 Å². The molecule has 1 aliphatic heterocycles. The number of imide groups is 1. The molecule has 0 radical (unpaired) electrons. The van der Waals surface area contributed by atoms with Crippen molar-refractivity contribution in [1.82, 2.24) is 10.2 Å². The van der Waals surface area contributed by atoms with Gasteiger partial charge in [0.15, 0.2) is 0 Å². The van der Waals surface area contributed by atoms with E-state index >= 15 is 0 Å². The van der Waals surface area contributed by atoms with Gasteiger partial charge in [0.2, 0.25) is 0 Å². The second-order valence-electron chi connectivity index (χ2n) is 5.39. The number of alkyl halides is 3. The standard InChI is InChI=1S/C16H16F3N3O4/c1-3-26-13(23)11-8(2)21-15(25)22(14(20)24)12(11)9-6-4-5-7-10(9)16(17,18)19/h4-7,12H,3H2,1-2H3,(H2,20,24)(H,21,25). The van der Waals surface area contributed by atoms with E-state index in [2.05, 4.69) is 5.32 Å². The molecule has 2 rings (SSSR count). The first kappa shape index (κ1) is 19.3. The molecule has 10 heteroatoms. The summed E-state index contributed by atoms with van der Waals surface area (Å²) in [5, 5.41) is 2.24. The van der Waals surface area contributed by atoms with Crippen LogP contribution < -0.4 is 11.1 Å². The van der Waals surface area contributed by atoms with E-state index < -0.39 is 41.4 Å². The summed E-state index contributed by atoms with van der Waals surface area (Å²) in [6.07, 6.45) is -4.78. The summed E-state index contributed by atoms with van der Waals surface area (Å²) < 4.78 is 45.2. The largest absolute Gasteiger partial charge is 0.463 e. The van der Waals surface area contributed by atoms with E-state index in [0.717, 1.165) is 18.2 Å². The van der Waals surface area contributed by atoms with Crippen molar-refractivity contribution in [2.24, 2.45) is 5.73 Å². The molecular weight excluding hydrogens is 355 g/mol. The molecule has 7 nitrogen and oxygen atoms in total. The number of primary amides is 1. The minimum atomic E-state index is -4.78. The number of hydrogen-bond acceptors (Lipinski definition) is 4. The Labute approximate surface area is 146 Å². The van der Waals surface area contributed by atoms with E-state index in [1.165, 1.54) is 19.9 Å². The lowest BCUT2D eigenvalue weighted by Crippen LogP contribution is -2.53. The second kappa shape index (κ2) is 7.06. The summed E-state index contributed by atoms with van der Waals surface area (Å²) in [5.74, 6) is -0.960. The molecule has 0 fully saturated rings. The lowest BCUT2D eigenvalue weighted by molar-refractivity contribution is -0.141. The van der Waals surface area contributed by atoms with Gasteiger partial charge in [-0.25, -0.2) is 19.3 Å². The second-order valence-corrected chi connectivity index (χ2v) is 5.39. The third-order valence-electron chi connectivity index (χ3n) is 3.74. The highest BCUT2D eigenvalue weighted by Crippen LogP contribution is 2.41. The van der Waals surface area contributed by atoms with E-state index in [1.54, 1.807) is 0 Å². The molecule has 0 aliphatic carbocycles. The van der Waals surface area contributed by atoms with Crippen LogP contribution in [-0.2, 0) is 15.7 Å². The van der Waals surface area contributed by atoms with Gasteiger partial charge in [-0.05, 0) is 25.5 Å². The number of nitrogens with one attached hydrogen (secondary N) is 1. The van der Waals surface area contributed by atoms with Gasteiger partial charge in [-0.2, -0.15) is 13.2 Å². The Balaban J connectivity index is 2.77. The average Bonchev–Trinajstić information content (AvgIpc) is 2.53. The summed E-state index contributed by atoms with van der Waals surface area (Å²) in [6.45, 7) is 2.79. The summed E-state index contributed by atoms with van der Waals surface area (Å²) in [6, 6.07) is 0.314. The maximum Gasteiger partial charge on any atom is 0.416 e. The van der Waals surface area contributed by atoms with Crippen molar-refractivity contribution in [3.8, 4) is 0 Å². The van der Waals surface area contributed by atoms with E-state index in [-0.39, 0.29) is 17.9 Å². The Morgan fingerprint density at radius 3 is 2.46 bits per heavy atom. The van der Waals surface area contributed by atoms with Crippen LogP contribution in [0.4, 0.5) is 22.8 Å². The number of benzene rings is 1. The lowest BCUT2D eigenvalue weighted by atomic mass is 9.90. The molecule has 26 heavy (non-hydrogen) atoms. The molecule has 1 aliphatic rings. The third kappa shape index (κ3) is 3.48. The van der Waals surface area contributed by atoms with Crippen molar-refractivity contribution >= 4 is 18.0 Å². The number of ether oxygens (including phenoxy) is 1. The first-order chi connectivity index (χ1) is 12.1. The van der Waals surface area contributed by atoms with E-state index in [0.29, 0.717) is 4.90 Å². The molecule has 0 saturated carbocycles. The van der Waals surface area contributed by atoms with Gasteiger partial charge in [-0.1, -0.05) is 18.2 Å². The van der Waals surface area contributed by atoms with E-state index in [1.807, 2.05) is 0 Å². The fraction of sp³-hybridized carbons (Fsp3) is 0.312. The van der Waals surface area contributed by atoms with Crippen molar-refractivity contribution in [1.29, 1.82) is 0 Å². The summed E-state index contributed by atoms with van der Waals surface area (Å²) in [7, 11) is 0. The molecule has 0 spiro atoms. The smallest absolute Gasteiger partial charge is 0.416 e. The van der Waals surface area contributed by atoms with Crippen LogP contribution in [0.25, 0.3) is 0 Å². The number of esters is 1. The Kier molecular flexibility index (Phi) is 5.24. The van der Waals surface area contributed by atoms with Gasteiger partial charge >= 0.3 is 24.2 Å². The maximum absolute atomic E-state index is 13.4. The number of carbonyl (C=O) groups is 3. The molecule has 1 aromatic carbocycles. The Morgan fingerprint density at radius 1 is 1.31 bits per heavy atom. The zero-order valence-corrected chi connectivity index (χ0v) is 13.9. The highest BCUT2D eigenvalue weighted by molar-refractivity contribution is 6.01. The fourth-order valence-corrected chi connectivity index (χ4v) is 2.73. The first-order valence-electron chi connectivity index (χ1n) is 7.53. The summed E-state index contributed by atoms with van der Waals surface area (Å²) >= 11 is 0. The summed E-state index contributed by atoms with van der Waals surface area (Å²) in [4.78, 5) is 36.6. The van der Waals surface area contributed by atoms with Crippen molar-refractivity contribution in [3.05, 3.63) is 46.7 Å². The number of halogens is 3. The first-order valence-corrected chi connectivity index (χ1v) is 7.53. The minimum absolute atomic E-state index is 0.0204. The number of hydrogen-bond donors (Lipinski definition) is 2. The molecular formula is C16H16F3N3O4. The zero-order valence-electron chi connectivity index (χ0n) is 13.9. The SMILES string of the molecule is CCOC(=O)C1=C(C)NC(=O)N(C(N)=O)C1c1ccccc1C(F)(F)F. The van der Waals surface area contributed by atoms with E-state index in [4.69, 9.17) is 10.5 Å². The minimum Gasteiger partial charge on any atom is -0.463 e. The van der Waals surface area contributed by atoms with Crippen molar-refractivity contribution in [3.63, 3.8) is 0 Å². The maximum atomic E-state index is 13.4. The molecule has 0 aromatic heterocycles. The predicted molar refractivity (Wildman–Crippen MR) is 83.5 cm³/mol. The van der Waals surface area contributed by atoms with E-state index in [9.17, 15) is 27.6 Å². The van der Waals surface area contributed by atoms with Gasteiger partial charge in [0.1, 0.15) is 6.04 Å². The molecule has 1 atom stereocenters. The van der Waals surface area contributed by atoms with Crippen LogP contribution in [0.15, 0.2) is 35.5 Å². The van der Waals surface area contributed by atoms with Gasteiger partial charge in [0.05, 0.1) is 17.7 Å². The van der Waals surface area contributed by atoms with Crippen LogP contribution in [0.5, 0.6) is 0 Å². The van der Waals surface area contributed by atoms with Gasteiger partial charge in [-0.3, -0.25) is 0 Å². The molecule has 0 saturated heterocycles.